The summed E-state index contributed by atoms with van der Waals surface area (Å²) >= 11 is 1.86. The van der Waals surface area contributed by atoms with E-state index in [1.807, 2.05) is 11.8 Å². The van der Waals surface area contributed by atoms with Gasteiger partial charge < -0.3 is 4.90 Å². The van der Waals surface area contributed by atoms with Crippen molar-refractivity contribution >= 4 is 17.4 Å². The summed E-state index contributed by atoms with van der Waals surface area (Å²) in [7, 11) is 0. The van der Waals surface area contributed by atoms with E-state index >= 15 is 0 Å². The summed E-state index contributed by atoms with van der Waals surface area (Å²) in [5, 5.41) is 0. The molecular formula is C14H20N2S. The number of piperazine rings is 1. The van der Waals surface area contributed by atoms with Crippen LogP contribution in [-0.4, -0.2) is 43.4 Å². The largest absolute Gasteiger partial charge is 0.368 e. The van der Waals surface area contributed by atoms with Gasteiger partial charge in [0, 0.05) is 30.6 Å². The lowest BCUT2D eigenvalue weighted by molar-refractivity contribution is 0.230. The standard InChI is InChI=1S/C14H20N2S/c1-17-14-7-3-2-6-13(14)16-10-9-15-8-4-5-12(15)11-16/h2-3,6-7,12H,4-5,8-11H2,1H3. The molecule has 3 heteroatoms. The van der Waals surface area contributed by atoms with Gasteiger partial charge in [0.1, 0.15) is 0 Å². The number of rotatable bonds is 2. The molecule has 2 aliphatic rings. The van der Waals surface area contributed by atoms with E-state index in [4.69, 9.17) is 0 Å². The topological polar surface area (TPSA) is 6.48 Å². The zero-order valence-electron chi connectivity index (χ0n) is 10.4. The second kappa shape index (κ2) is 4.91. The van der Waals surface area contributed by atoms with Crippen LogP contribution < -0.4 is 4.90 Å². The van der Waals surface area contributed by atoms with E-state index in [1.165, 1.54) is 49.6 Å². The van der Waals surface area contributed by atoms with Gasteiger partial charge in [-0.15, -0.1) is 11.8 Å². The second-order valence-corrected chi connectivity index (χ2v) is 5.80. The van der Waals surface area contributed by atoms with Crippen LogP contribution in [0.3, 0.4) is 0 Å². The molecule has 0 bridgehead atoms. The first-order valence-corrected chi connectivity index (χ1v) is 7.73. The minimum Gasteiger partial charge on any atom is -0.368 e. The minimum atomic E-state index is 0.804. The highest BCUT2D eigenvalue weighted by Gasteiger charge is 2.30. The molecule has 0 aliphatic carbocycles. The number of fused-ring (bicyclic) bond motifs is 1. The Morgan fingerprint density at radius 3 is 2.94 bits per heavy atom. The fourth-order valence-corrected chi connectivity index (χ4v) is 3.72. The highest BCUT2D eigenvalue weighted by atomic mass is 32.2. The molecule has 0 amide bonds. The SMILES string of the molecule is CSc1ccccc1N1CCN2CCCC2C1. The normalized spacial score (nSPS) is 25.0. The maximum atomic E-state index is 2.66. The molecule has 0 spiro atoms. The van der Waals surface area contributed by atoms with Crippen molar-refractivity contribution in [2.75, 3.05) is 37.3 Å². The van der Waals surface area contributed by atoms with Gasteiger partial charge in [0.05, 0.1) is 5.69 Å². The Morgan fingerprint density at radius 1 is 1.18 bits per heavy atom. The van der Waals surface area contributed by atoms with E-state index in [9.17, 15) is 0 Å². The number of thioether (sulfide) groups is 1. The molecule has 2 nitrogen and oxygen atoms in total. The zero-order valence-corrected chi connectivity index (χ0v) is 11.2. The zero-order chi connectivity index (χ0) is 11.7. The van der Waals surface area contributed by atoms with E-state index in [-0.39, 0.29) is 0 Å². The Hall–Kier alpha value is -0.670. The highest BCUT2D eigenvalue weighted by Crippen LogP contribution is 2.31. The van der Waals surface area contributed by atoms with E-state index in [1.54, 1.807) is 0 Å². The Morgan fingerprint density at radius 2 is 2.06 bits per heavy atom. The number of benzene rings is 1. The van der Waals surface area contributed by atoms with Crippen LogP contribution in [0.1, 0.15) is 12.8 Å². The molecule has 17 heavy (non-hydrogen) atoms. The third-order valence-electron chi connectivity index (χ3n) is 4.01. The smallest absolute Gasteiger partial charge is 0.0505 e. The molecule has 0 N–H and O–H groups in total. The number of para-hydroxylation sites is 1. The quantitative estimate of drug-likeness (QED) is 0.743. The maximum absolute atomic E-state index is 2.66. The molecule has 1 aromatic rings. The summed E-state index contributed by atoms with van der Waals surface area (Å²) in [4.78, 5) is 6.66. The molecule has 1 aromatic carbocycles. The third-order valence-corrected chi connectivity index (χ3v) is 4.80. The molecule has 2 aliphatic heterocycles. The number of anilines is 1. The average molecular weight is 248 g/mol. The molecule has 2 heterocycles. The highest BCUT2D eigenvalue weighted by molar-refractivity contribution is 7.98. The molecule has 3 rings (SSSR count). The summed E-state index contributed by atoms with van der Waals surface area (Å²) in [6, 6.07) is 9.62. The van der Waals surface area contributed by atoms with Crippen molar-refractivity contribution in [1.82, 2.24) is 4.90 Å². The Bertz CT molecular complexity index is 394. The molecule has 0 aromatic heterocycles. The van der Waals surface area contributed by atoms with E-state index in [0.717, 1.165) is 6.04 Å². The van der Waals surface area contributed by atoms with Crippen LogP contribution in [0.2, 0.25) is 0 Å². The first-order valence-electron chi connectivity index (χ1n) is 6.50. The molecule has 0 saturated carbocycles. The Kier molecular flexibility index (Phi) is 3.30. The predicted molar refractivity (Wildman–Crippen MR) is 75.0 cm³/mol. The summed E-state index contributed by atoms with van der Waals surface area (Å²) in [6.45, 7) is 4.97. The van der Waals surface area contributed by atoms with Crippen LogP contribution in [0.5, 0.6) is 0 Å². The van der Waals surface area contributed by atoms with Crippen LogP contribution in [0.4, 0.5) is 5.69 Å². The number of hydrogen-bond acceptors (Lipinski definition) is 3. The van der Waals surface area contributed by atoms with Gasteiger partial charge in [-0.2, -0.15) is 0 Å². The van der Waals surface area contributed by atoms with Crippen molar-refractivity contribution in [1.29, 1.82) is 0 Å². The molecule has 1 atom stereocenters. The minimum absolute atomic E-state index is 0.804. The van der Waals surface area contributed by atoms with Crippen LogP contribution >= 0.6 is 11.8 Å². The van der Waals surface area contributed by atoms with Crippen LogP contribution in [0.15, 0.2) is 29.2 Å². The average Bonchev–Trinajstić information content (AvgIpc) is 2.85. The van der Waals surface area contributed by atoms with Crippen molar-refractivity contribution in [3.05, 3.63) is 24.3 Å². The van der Waals surface area contributed by atoms with Gasteiger partial charge in [-0.25, -0.2) is 0 Å². The van der Waals surface area contributed by atoms with Gasteiger partial charge in [0.2, 0.25) is 0 Å². The lowest BCUT2D eigenvalue weighted by Gasteiger charge is -2.39. The summed E-state index contributed by atoms with van der Waals surface area (Å²) in [6.07, 6.45) is 4.95. The lowest BCUT2D eigenvalue weighted by Crippen LogP contribution is -2.50. The first kappa shape index (κ1) is 11.4. The predicted octanol–water partition coefficient (Wildman–Crippen LogP) is 2.69. The van der Waals surface area contributed by atoms with Gasteiger partial charge in [0.15, 0.2) is 0 Å². The van der Waals surface area contributed by atoms with Crippen LogP contribution in [-0.2, 0) is 0 Å². The number of nitrogens with zero attached hydrogens (tertiary/aromatic N) is 2. The maximum Gasteiger partial charge on any atom is 0.0505 e. The van der Waals surface area contributed by atoms with Crippen molar-refractivity contribution in [3.63, 3.8) is 0 Å². The fourth-order valence-electron chi connectivity index (χ4n) is 3.10. The summed E-state index contributed by atoms with van der Waals surface area (Å²) in [5.41, 5.74) is 1.44. The van der Waals surface area contributed by atoms with Gasteiger partial charge in [-0.1, -0.05) is 12.1 Å². The van der Waals surface area contributed by atoms with E-state index < -0.39 is 0 Å². The molecule has 2 fully saturated rings. The van der Waals surface area contributed by atoms with Crippen LogP contribution in [0.25, 0.3) is 0 Å². The molecule has 2 saturated heterocycles. The van der Waals surface area contributed by atoms with Crippen molar-refractivity contribution in [2.45, 2.75) is 23.8 Å². The van der Waals surface area contributed by atoms with E-state index in [2.05, 4.69) is 40.3 Å². The van der Waals surface area contributed by atoms with Gasteiger partial charge >= 0.3 is 0 Å². The number of hydrogen-bond donors (Lipinski definition) is 0. The summed E-state index contributed by atoms with van der Waals surface area (Å²) in [5.74, 6) is 0. The molecule has 1 unspecified atom stereocenters. The third kappa shape index (κ3) is 2.18. The van der Waals surface area contributed by atoms with Crippen molar-refractivity contribution < 1.29 is 0 Å². The molecule has 92 valence electrons. The second-order valence-electron chi connectivity index (χ2n) is 4.95. The molecular weight excluding hydrogens is 228 g/mol. The van der Waals surface area contributed by atoms with Crippen LogP contribution in [0, 0.1) is 0 Å². The monoisotopic (exact) mass is 248 g/mol. The van der Waals surface area contributed by atoms with Gasteiger partial charge in [0.25, 0.3) is 0 Å². The Balaban J connectivity index is 1.80. The first-order chi connectivity index (χ1) is 8.38. The van der Waals surface area contributed by atoms with Crippen molar-refractivity contribution in [3.8, 4) is 0 Å². The van der Waals surface area contributed by atoms with Gasteiger partial charge in [-0.05, 0) is 37.8 Å². The van der Waals surface area contributed by atoms with Crippen molar-refractivity contribution in [2.24, 2.45) is 0 Å². The molecule has 0 radical (unpaired) electrons. The Labute approximate surface area is 108 Å². The fraction of sp³-hybridized carbons (Fsp3) is 0.571. The summed E-state index contributed by atoms with van der Waals surface area (Å²) < 4.78 is 0. The lowest BCUT2D eigenvalue weighted by atomic mass is 10.1. The van der Waals surface area contributed by atoms with E-state index in [0.29, 0.717) is 0 Å². The van der Waals surface area contributed by atoms with Gasteiger partial charge in [-0.3, -0.25) is 4.90 Å².